The van der Waals surface area contributed by atoms with Gasteiger partial charge in [0.25, 0.3) is 5.91 Å². The molecule has 0 saturated carbocycles. The minimum atomic E-state index is -1.09. The molecular weight excluding hydrogens is 346 g/mol. The molecule has 0 aromatic heterocycles. The minimum Gasteiger partial charge on any atom is -0.317 e. The highest BCUT2D eigenvalue weighted by Crippen LogP contribution is 2.25. The van der Waals surface area contributed by atoms with Crippen LogP contribution in [0, 0.1) is 11.6 Å². The number of aryl methyl sites for hydroxylation is 1. The minimum absolute atomic E-state index is 0.229. The van der Waals surface area contributed by atoms with Gasteiger partial charge in [-0.3, -0.25) is 4.79 Å². The quantitative estimate of drug-likeness (QED) is 0.597. The maximum Gasteiger partial charge on any atom is 0.261 e. The van der Waals surface area contributed by atoms with Crippen molar-refractivity contribution in [2.45, 2.75) is 39.5 Å². The van der Waals surface area contributed by atoms with Crippen molar-refractivity contribution in [1.82, 2.24) is 5.32 Å². The van der Waals surface area contributed by atoms with Crippen molar-refractivity contribution in [2.24, 2.45) is 0 Å². The molecule has 0 aliphatic carbocycles. The summed E-state index contributed by atoms with van der Waals surface area (Å²) >= 11 is 0. The van der Waals surface area contributed by atoms with Crippen molar-refractivity contribution < 1.29 is 13.6 Å². The SMILES string of the molecule is CCCc1ccccc1N(CCCCNCC)C(=O)c1cccc(F)c1F. The summed E-state index contributed by atoms with van der Waals surface area (Å²) in [6.45, 7) is 6.34. The number of unbranched alkanes of at least 4 members (excludes halogenated alkanes) is 1. The van der Waals surface area contributed by atoms with Gasteiger partial charge in [0.05, 0.1) is 5.56 Å². The number of nitrogens with zero attached hydrogens (tertiary/aromatic N) is 1. The van der Waals surface area contributed by atoms with Crippen molar-refractivity contribution in [2.75, 3.05) is 24.5 Å². The van der Waals surface area contributed by atoms with Gasteiger partial charge in [-0.1, -0.05) is 44.5 Å². The third kappa shape index (κ3) is 5.60. The first-order valence-electron chi connectivity index (χ1n) is 9.64. The summed E-state index contributed by atoms with van der Waals surface area (Å²) in [5, 5.41) is 3.26. The fourth-order valence-electron chi connectivity index (χ4n) is 3.10. The van der Waals surface area contributed by atoms with Gasteiger partial charge in [0, 0.05) is 12.2 Å². The normalized spacial score (nSPS) is 10.8. The predicted octanol–water partition coefficient (Wildman–Crippen LogP) is 4.95. The molecule has 1 amide bonds. The van der Waals surface area contributed by atoms with Crippen LogP contribution in [-0.2, 0) is 6.42 Å². The summed E-state index contributed by atoms with van der Waals surface area (Å²) < 4.78 is 27.9. The van der Waals surface area contributed by atoms with Gasteiger partial charge in [-0.15, -0.1) is 0 Å². The van der Waals surface area contributed by atoms with Crippen LogP contribution in [0.25, 0.3) is 0 Å². The van der Waals surface area contributed by atoms with Crippen LogP contribution in [0.3, 0.4) is 0 Å². The standard InChI is InChI=1S/C22H28F2N2O/c1-3-10-17-11-5-6-14-20(17)26(16-8-7-15-25-4-2)22(27)18-12-9-13-19(23)21(18)24/h5-6,9,11-14,25H,3-4,7-8,10,15-16H2,1-2H3. The van der Waals surface area contributed by atoms with Crippen LogP contribution in [0.1, 0.15) is 49.0 Å². The lowest BCUT2D eigenvalue weighted by Gasteiger charge is -2.26. The van der Waals surface area contributed by atoms with Crippen LogP contribution in [0.2, 0.25) is 0 Å². The Morgan fingerprint density at radius 2 is 1.81 bits per heavy atom. The number of hydrogen-bond donors (Lipinski definition) is 1. The largest absolute Gasteiger partial charge is 0.317 e. The molecule has 0 bridgehead atoms. The summed E-state index contributed by atoms with van der Waals surface area (Å²) in [6, 6.07) is 11.4. The number of rotatable bonds is 10. The highest BCUT2D eigenvalue weighted by molar-refractivity contribution is 6.06. The first kappa shape index (κ1) is 21.0. The number of anilines is 1. The number of halogens is 2. The number of carbonyl (C=O) groups excluding carboxylic acids is 1. The Morgan fingerprint density at radius 1 is 1.04 bits per heavy atom. The van der Waals surface area contributed by atoms with E-state index in [1.807, 2.05) is 31.2 Å². The molecule has 0 saturated heterocycles. The van der Waals surface area contributed by atoms with E-state index in [1.54, 1.807) is 4.90 Å². The number of nitrogens with one attached hydrogen (secondary N) is 1. The van der Waals surface area contributed by atoms with Crippen LogP contribution in [0.4, 0.5) is 14.5 Å². The molecule has 0 aliphatic rings. The average Bonchev–Trinajstić information content (AvgIpc) is 2.67. The van der Waals surface area contributed by atoms with Crippen LogP contribution in [0.15, 0.2) is 42.5 Å². The topological polar surface area (TPSA) is 32.3 Å². The van der Waals surface area contributed by atoms with Crippen LogP contribution in [-0.4, -0.2) is 25.5 Å². The van der Waals surface area contributed by atoms with Crippen LogP contribution >= 0.6 is 0 Å². The second kappa shape index (κ2) is 10.8. The molecule has 0 atom stereocenters. The van der Waals surface area contributed by atoms with Crippen molar-refractivity contribution >= 4 is 11.6 Å². The number of carbonyl (C=O) groups is 1. The second-order valence-corrected chi connectivity index (χ2v) is 6.50. The van der Waals surface area contributed by atoms with Crippen molar-refractivity contribution in [1.29, 1.82) is 0 Å². The maximum absolute atomic E-state index is 14.2. The fourth-order valence-corrected chi connectivity index (χ4v) is 3.10. The molecule has 0 heterocycles. The second-order valence-electron chi connectivity index (χ2n) is 6.50. The molecule has 0 radical (unpaired) electrons. The molecule has 2 rings (SSSR count). The van der Waals surface area contributed by atoms with Crippen molar-refractivity contribution in [3.63, 3.8) is 0 Å². The Hall–Kier alpha value is -2.27. The molecule has 3 nitrogen and oxygen atoms in total. The molecule has 27 heavy (non-hydrogen) atoms. The first-order valence-corrected chi connectivity index (χ1v) is 9.64. The molecule has 1 N–H and O–H groups in total. The van der Waals surface area contributed by atoms with Gasteiger partial charge in [-0.05, 0) is 56.1 Å². The molecule has 146 valence electrons. The Morgan fingerprint density at radius 3 is 2.56 bits per heavy atom. The van der Waals surface area contributed by atoms with Gasteiger partial charge in [0.2, 0.25) is 0 Å². The zero-order chi connectivity index (χ0) is 19.6. The molecular formula is C22H28F2N2O. The number of para-hydroxylation sites is 1. The lowest BCUT2D eigenvalue weighted by atomic mass is 10.1. The molecule has 0 unspecified atom stereocenters. The van der Waals surface area contributed by atoms with E-state index in [2.05, 4.69) is 12.2 Å². The van der Waals surface area contributed by atoms with Gasteiger partial charge in [-0.2, -0.15) is 0 Å². The average molecular weight is 374 g/mol. The number of benzene rings is 2. The zero-order valence-electron chi connectivity index (χ0n) is 16.1. The van der Waals surface area contributed by atoms with E-state index in [0.29, 0.717) is 6.54 Å². The Bertz CT molecular complexity index is 749. The highest BCUT2D eigenvalue weighted by atomic mass is 19.2. The molecule has 2 aromatic rings. The zero-order valence-corrected chi connectivity index (χ0v) is 16.1. The van der Waals surface area contributed by atoms with Gasteiger partial charge in [0.1, 0.15) is 0 Å². The van der Waals surface area contributed by atoms with E-state index in [1.165, 1.54) is 12.1 Å². The van der Waals surface area contributed by atoms with Gasteiger partial charge in [0.15, 0.2) is 11.6 Å². The summed E-state index contributed by atoms with van der Waals surface area (Å²) in [6.07, 6.45) is 3.44. The number of amides is 1. The Labute approximate surface area is 160 Å². The summed E-state index contributed by atoms with van der Waals surface area (Å²) in [5.41, 5.74) is 1.58. The lowest BCUT2D eigenvalue weighted by molar-refractivity contribution is 0.0981. The van der Waals surface area contributed by atoms with Crippen LogP contribution < -0.4 is 10.2 Å². The smallest absolute Gasteiger partial charge is 0.261 e. The van der Waals surface area contributed by atoms with Gasteiger partial charge < -0.3 is 10.2 Å². The molecule has 0 spiro atoms. The maximum atomic E-state index is 14.2. The molecule has 0 fully saturated rings. The fraction of sp³-hybridized carbons (Fsp3) is 0.409. The highest BCUT2D eigenvalue weighted by Gasteiger charge is 2.23. The molecule has 2 aromatic carbocycles. The van der Waals surface area contributed by atoms with E-state index in [4.69, 9.17) is 0 Å². The van der Waals surface area contributed by atoms with Crippen LogP contribution in [0.5, 0.6) is 0 Å². The summed E-state index contributed by atoms with van der Waals surface area (Å²) in [5.74, 6) is -2.60. The molecule has 0 aliphatic heterocycles. The third-order valence-corrected chi connectivity index (χ3v) is 4.46. The van der Waals surface area contributed by atoms with E-state index < -0.39 is 17.5 Å². The van der Waals surface area contributed by atoms with E-state index in [-0.39, 0.29) is 5.56 Å². The Kier molecular flexibility index (Phi) is 8.40. The number of hydrogen-bond acceptors (Lipinski definition) is 2. The van der Waals surface area contributed by atoms with Crippen molar-refractivity contribution in [3.05, 3.63) is 65.2 Å². The van der Waals surface area contributed by atoms with Crippen molar-refractivity contribution in [3.8, 4) is 0 Å². The predicted molar refractivity (Wildman–Crippen MR) is 106 cm³/mol. The summed E-state index contributed by atoms with van der Waals surface area (Å²) in [4.78, 5) is 14.7. The monoisotopic (exact) mass is 374 g/mol. The third-order valence-electron chi connectivity index (χ3n) is 4.46. The van der Waals surface area contributed by atoms with Gasteiger partial charge >= 0.3 is 0 Å². The van der Waals surface area contributed by atoms with E-state index >= 15 is 0 Å². The van der Waals surface area contributed by atoms with Gasteiger partial charge in [-0.25, -0.2) is 8.78 Å². The lowest BCUT2D eigenvalue weighted by Crippen LogP contribution is -2.34. The van der Waals surface area contributed by atoms with E-state index in [9.17, 15) is 13.6 Å². The first-order chi connectivity index (χ1) is 13.1. The Balaban J connectivity index is 2.32. The summed E-state index contributed by atoms with van der Waals surface area (Å²) in [7, 11) is 0. The van der Waals surface area contributed by atoms with E-state index in [0.717, 1.165) is 56.1 Å². The molecule has 5 heteroatoms.